The number of hydrogen-bond donors (Lipinski definition) is 4. The molecule has 1 spiro atoms. The minimum absolute atomic E-state index is 0. The normalized spacial score (nSPS) is 27.1. The van der Waals surface area contributed by atoms with E-state index in [-0.39, 0.29) is 55.5 Å². The van der Waals surface area contributed by atoms with Crippen molar-refractivity contribution in [2.75, 3.05) is 33.9 Å². The van der Waals surface area contributed by atoms with Crippen molar-refractivity contribution >= 4 is 54.1 Å². The van der Waals surface area contributed by atoms with Crippen molar-refractivity contribution in [3.8, 4) is 0 Å². The summed E-state index contributed by atoms with van der Waals surface area (Å²) in [6.07, 6.45) is 15.7. The van der Waals surface area contributed by atoms with Gasteiger partial charge in [-0.3, -0.25) is 24.0 Å². The van der Waals surface area contributed by atoms with Crippen LogP contribution < -0.4 is 16.0 Å². The van der Waals surface area contributed by atoms with Gasteiger partial charge in [-0.2, -0.15) is 0 Å². The second-order valence-corrected chi connectivity index (χ2v) is 19.4. The Morgan fingerprint density at radius 1 is 0.742 bits per heavy atom. The Morgan fingerprint density at radius 3 is 1.85 bits per heavy atom. The van der Waals surface area contributed by atoms with E-state index in [0.29, 0.717) is 25.8 Å². The van der Waals surface area contributed by atoms with Gasteiger partial charge in [0, 0.05) is 13.1 Å². The summed E-state index contributed by atoms with van der Waals surface area (Å²) in [6, 6.07) is 9.38. The summed E-state index contributed by atoms with van der Waals surface area (Å²) in [4.78, 5) is 88.2. The molecule has 3 saturated carbocycles. The van der Waals surface area contributed by atoms with E-state index in [4.69, 9.17) is 14.6 Å². The SMILES string of the molecule is C.CCC1(C(=O)O)CCCC1.COC(=O)[C@]1(C)CCCN1.COC(=O)[C@]1(C)CCCN1C(=O)C1(NC(=O)OCc2ccccc2)CCCC1.C[C@@]12CCCN1C(=O)C1(CCCC1)NC2=O.Cl. The van der Waals surface area contributed by atoms with E-state index in [0.717, 1.165) is 121 Å². The molecule has 1 aromatic carbocycles. The highest BCUT2D eigenvalue weighted by molar-refractivity contribution is 6.02. The van der Waals surface area contributed by atoms with E-state index in [9.17, 15) is 33.6 Å². The van der Waals surface area contributed by atoms with Crippen molar-refractivity contribution in [3.63, 3.8) is 0 Å². The number of amides is 4. The summed E-state index contributed by atoms with van der Waals surface area (Å²) in [6.45, 7) is 9.78. The van der Waals surface area contributed by atoms with Gasteiger partial charge in [0.1, 0.15) is 34.3 Å². The molecular weight excluding hydrogens is 870 g/mol. The number of esters is 2. The number of carbonyl (C=O) groups excluding carboxylic acids is 6. The monoisotopic (exact) mass is 948 g/mol. The van der Waals surface area contributed by atoms with Crippen molar-refractivity contribution < 1.29 is 52.9 Å². The third kappa shape index (κ3) is 11.8. The maximum Gasteiger partial charge on any atom is 0.408 e. The molecule has 372 valence electrons. The van der Waals surface area contributed by atoms with Crippen LogP contribution in [-0.4, -0.2) is 118 Å². The molecule has 4 aliphatic heterocycles. The second kappa shape index (κ2) is 23.5. The van der Waals surface area contributed by atoms with Crippen molar-refractivity contribution in [3.05, 3.63) is 35.9 Å². The van der Waals surface area contributed by atoms with Crippen molar-refractivity contribution in [2.24, 2.45) is 5.41 Å². The number of nitrogens with zero attached hydrogens (tertiary/aromatic N) is 2. The number of fused-ring (bicyclic) bond motifs is 1. The minimum atomic E-state index is -1.02. The number of halogens is 1. The molecule has 0 unspecified atom stereocenters. The lowest BCUT2D eigenvalue weighted by Crippen LogP contribution is -2.72. The Hall–Kier alpha value is -4.44. The highest BCUT2D eigenvalue weighted by Gasteiger charge is 2.59. The zero-order valence-corrected chi connectivity index (χ0v) is 40.3. The summed E-state index contributed by atoms with van der Waals surface area (Å²) in [5.41, 5.74) is -2.99. The van der Waals surface area contributed by atoms with Gasteiger partial charge in [-0.1, -0.05) is 83.2 Å². The van der Waals surface area contributed by atoms with Gasteiger partial charge in [-0.15, -0.1) is 12.4 Å². The Labute approximate surface area is 398 Å². The summed E-state index contributed by atoms with van der Waals surface area (Å²) >= 11 is 0. The Morgan fingerprint density at radius 2 is 1.32 bits per heavy atom. The van der Waals surface area contributed by atoms with Gasteiger partial charge in [-0.25, -0.2) is 9.59 Å². The molecule has 17 heteroatoms. The molecule has 4 heterocycles. The third-order valence-electron chi connectivity index (χ3n) is 15.2. The summed E-state index contributed by atoms with van der Waals surface area (Å²) < 4.78 is 14.9. The first-order chi connectivity index (χ1) is 30.4. The molecule has 0 bridgehead atoms. The average Bonchev–Trinajstić information content (AvgIpc) is 4.17. The largest absolute Gasteiger partial charge is 0.481 e. The highest BCUT2D eigenvalue weighted by Crippen LogP contribution is 2.43. The van der Waals surface area contributed by atoms with Crippen LogP contribution in [-0.2, 0) is 49.6 Å². The quantitative estimate of drug-likeness (QED) is 0.154. The van der Waals surface area contributed by atoms with E-state index >= 15 is 0 Å². The first-order valence-electron chi connectivity index (χ1n) is 23.5. The van der Waals surface area contributed by atoms with E-state index in [2.05, 4.69) is 20.7 Å². The van der Waals surface area contributed by atoms with Crippen LogP contribution in [0.4, 0.5) is 4.79 Å². The van der Waals surface area contributed by atoms with Gasteiger partial charge in [0.05, 0.1) is 19.6 Å². The van der Waals surface area contributed by atoms with Gasteiger partial charge in [0.2, 0.25) is 17.7 Å². The predicted octanol–water partition coefficient (Wildman–Crippen LogP) is 6.99. The molecule has 0 aromatic heterocycles. The maximum absolute atomic E-state index is 13.5. The van der Waals surface area contributed by atoms with Crippen LogP contribution in [0, 0.1) is 5.41 Å². The lowest BCUT2D eigenvalue weighted by Gasteiger charge is -2.46. The van der Waals surface area contributed by atoms with Crippen LogP contribution in [0.3, 0.4) is 0 Å². The molecule has 66 heavy (non-hydrogen) atoms. The predicted molar refractivity (Wildman–Crippen MR) is 251 cm³/mol. The van der Waals surface area contributed by atoms with Gasteiger partial charge in [-0.05, 0) is 116 Å². The molecule has 7 fully saturated rings. The van der Waals surface area contributed by atoms with Gasteiger partial charge >= 0.3 is 24.0 Å². The Bertz CT molecular complexity index is 1840. The summed E-state index contributed by atoms with van der Waals surface area (Å²) in [5, 5.41) is 17.8. The van der Waals surface area contributed by atoms with E-state index < -0.39 is 45.7 Å². The number of methoxy groups -OCH3 is 2. The highest BCUT2D eigenvalue weighted by atomic mass is 35.5. The van der Waals surface area contributed by atoms with Crippen LogP contribution in [0.25, 0.3) is 0 Å². The molecule has 7 aliphatic rings. The molecule has 1 aromatic rings. The van der Waals surface area contributed by atoms with Crippen LogP contribution in [0.2, 0.25) is 0 Å². The molecule has 3 aliphatic carbocycles. The number of piperazine rings is 1. The van der Waals surface area contributed by atoms with Crippen molar-refractivity contribution in [1.82, 2.24) is 25.8 Å². The average molecular weight is 949 g/mol. The molecular formula is C49H78ClN5O11. The van der Waals surface area contributed by atoms with Gasteiger partial charge in [0.15, 0.2) is 0 Å². The fourth-order valence-corrected chi connectivity index (χ4v) is 10.9. The number of likely N-dealkylation sites (tertiary alicyclic amines) is 1. The van der Waals surface area contributed by atoms with Crippen molar-refractivity contribution in [1.29, 1.82) is 0 Å². The zero-order valence-electron chi connectivity index (χ0n) is 39.5. The second-order valence-electron chi connectivity index (χ2n) is 19.4. The zero-order chi connectivity index (χ0) is 46.8. The number of ether oxygens (including phenoxy) is 3. The molecule has 16 nitrogen and oxygen atoms in total. The smallest absolute Gasteiger partial charge is 0.408 e. The molecule has 4 amide bonds. The number of rotatable bonds is 8. The minimum Gasteiger partial charge on any atom is -0.481 e. The summed E-state index contributed by atoms with van der Waals surface area (Å²) in [7, 11) is 2.76. The standard InChI is InChI=1S/C21H28N2O5.C12H18N2O2.C8H14O2.C7H13NO2.CH4.ClH/c1-20(18(25)27-2)11-8-14-23(20)17(24)21(12-6-7-13-21)22-19(26)28-15-16-9-4-3-5-10-16;1-11-5-4-8-14(11)10(16)12(13-9(11)15)6-2-3-7-12;1-2-8(7(9)10)5-3-4-6-8;1-7(6(9)10-2)4-3-5-8-7;;/h3-5,9-10H,6-8,11-15H2,1-2H3,(H,22,26);2-8H2,1H3,(H,13,15);2-6H2,1H3,(H,9,10);8H,3-5H2,1-2H3;1H4;1H/t20-;11-;;7-;;/m00.0../s1. The Balaban J connectivity index is 0.000000256. The van der Waals surface area contributed by atoms with Crippen LogP contribution in [0.5, 0.6) is 0 Å². The molecule has 3 atom stereocenters. The number of hydrogen-bond acceptors (Lipinski definition) is 11. The number of carboxylic acid groups (broad SMARTS) is 1. The van der Waals surface area contributed by atoms with Crippen LogP contribution >= 0.6 is 12.4 Å². The number of aliphatic carboxylic acids is 1. The topological polar surface area (TPSA) is 210 Å². The van der Waals surface area contributed by atoms with E-state index in [1.165, 1.54) is 14.2 Å². The van der Waals surface area contributed by atoms with Gasteiger partial charge < -0.3 is 45.1 Å². The molecule has 0 radical (unpaired) electrons. The first-order valence-corrected chi connectivity index (χ1v) is 23.5. The maximum atomic E-state index is 13.5. The molecule has 4 saturated heterocycles. The molecule has 8 rings (SSSR count). The summed E-state index contributed by atoms with van der Waals surface area (Å²) in [5.74, 6) is -1.14. The van der Waals surface area contributed by atoms with Gasteiger partial charge in [0.25, 0.3) is 0 Å². The first kappa shape index (κ1) is 55.9. The van der Waals surface area contributed by atoms with E-state index in [1.807, 2.05) is 56.0 Å². The van der Waals surface area contributed by atoms with Crippen molar-refractivity contribution in [2.45, 2.75) is 191 Å². The van der Waals surface area contributed by atoms with Crippen LogP contribution in [0.1, 0.15) is 163 Å². The molecule has 4 N–H and O–H groups in total. The lowest BCUT2D eigenvalue weighted by atomic mass is 9.84. The van der Waals surface area contributed by atoms with E-state index in [1.54, 1.807) is 11.8 Å². The number of carboxylic acids is 1. The number of carbonyl (C=O) groups is 7. The Kier molecular flexibility index (Phi) is 19.9. The number of benzene rings is 1. The fourth-order valence-electron chi connectivity index (χ4n) is 10.9. The third-order valence-corrected chi connectivity index (χ3v) is 15.2. The lowest BCUT2D eigenvalue weighted by molar-refractivity contribution is -0.160. The van der Waals surface area contributed by atoms with Crippen LogP contribution in [0.15, 0.2) is 30.3 Å². The number of alkyl carbamates (subject to hydrolysis) is 1. The number of nitrogens with one attached hydrogen (secondary N) is 3. The fraction of sp³-hybridized carbons (Fsp3) is 0.735.